The maximum Gasteiger partial charge on any atom is 0.133 e. The highest BCUT2D eigenvalue weighted by Gasteiger charge is 2.12. The molecule has 0 aliphatic heterocycles. The third kappa shape index (κ3) is 3.59. The van der Waals surface area contributed by atoms with Crippen molar-refractivity contribution >= 4 is 31.9 Å². The fourth-order valence-electron chi connectivity index (χ4n) is 1.88. The van der Waals surface area contributed by atoms with E-state index in [-0.39, 0.29) is 0 Å². The third-order valence-corrected chi connectivity index (χ3v) is 4.33. The first-order valence-corrected chi connectivity index (χ1v) is 7.45. The van der Waals surface area contributed by atoms with Gasteiger partial charge in [0.2, 0.25) is 0 Å². The van der Waals surface area contributed by atoms with Crippen molar-refractivity contribution in [1.82, 2.24) is 0 Å². The van der Waals surface area contributed by atoms with E-state index in [4.69, 9.17) is 4.74 Å². The Labute approximate surface area is 129 Å². The molecule has 0 heterocycles. The highest BCUT2D eigenvalue weighted by atomic mass is 79.9. The normalized spacial score (nSPS) is 12.2. The molecule has 2 aromatic rings. The number of hydrogen-bond donors (Lipinski definition) is 1. The van der Waals surface area contributed by atoms with Gasteiger partial charge in [0.05, 0.1) is 17.7 Å². The van der Waals surface area contributed by atoms with Crippen LogP contribution in [0.2, 0.25) is 0 Å². The molecule has 0 aliphatic carbocycles. The minimum Gasteiger partial charge on any atom is -0.496 e. The van der Waals surface area contributed by atoms with E-state index >= 15 is 0 Å². The zero-order valence-electron chi connectivity index (χ0n) is 10.4. The molecule has 0 fully saturated rings. The van der Waals surface area contributed by atoms with E-state index in [9.17, 15) is 5.11 Å². The molecule has 19 heavy (non-hydrogen) atoms. The van der Waals surface area contributed by atoms with Crippen molar-refractivity contribution in [3.63, 3.8) is 0 Å². The summed E-state index contributed by atoms with van der Waals surface area (Å²) in [6.45, 7) is 0. The highest BCUT2D eigenvalue weighted by molar-refractivity contribution is 9.10. The Bertz CT molecular complexity index is 570. The van der Waals surface area contributed by atoms with Crippen LogP contribution in [0.3, 0.4) is 0 Å². The van der Waals surface area contributed by atoms with E-state index < -0.39 is 6.10 Å². The van der Waals surface area contributed by atoms with Gasteiger partial charge in [-0.05, 0) is 45.3 Å². The lowest BCUT2D eigenvalue weighted by molar-refractivity contribution is 0.178. The molecule has 1 atom stereocenters. The molecule has 0 aliphatic rings. The average Bonchev–Trinajstić information content (AvgIpc) is 2.41. The Morgan fingerprint density at radius 2 is 1.84 bits per heavy atom. The molecule has 1 N–H and O–H groups in total. The number of hydrogen-bond acceptors (Lipinski definition) is 2. The summed E-state index contributed by atoms with van der Waals surface area (Å²) in [6, 6.07) is 13.5. The Hall–Kier alpha value is -0.840. The van der Waals surface area contributed by atoms with E-state index in [0.717, 1.165) is 25.8 Å². The number of halogens is 2. The van der Waals surface area contributed by atoms with E-state index in [2.05, 4.69) is 31.9 Å². The van der Waals surface area contributed by atoms with Crippen molar-refractivity contribution in [1.29, 1.82) is 0 Å². The van der Waals surface area contributed by atoms with Crippen LogP contribution in [0.5, 0.6) is 5.75 Å². The van der Waals surface area contributed by atoms with Crippen LogP contribution in [-0.4, -0.2) is 12.2 Å². The number of benzene rings is 2. The van der Waals surface area contributed by atoms with Crippen LogP contribution in [0.4, 0.5) is 0 Å². The zero-order valence-corrected chi connectivity index (χ0v) is 13.6. The molecule has 0 aromatic heterocycles. The predicted octanol–water partition coefficient (Wildman–Crippen LogP) is 4.50. The van der Waals surface area contributed by atoms with Gasteiger partial charge in [-0.3, -0.25) is 0 Å². The second-order valence-electron chi connectivity index (χ2n) is 4.21. The quantitative estimate of drug-likeness (QED) is 0.839. The summed E-state index contributed by atoms with van der Waals surface area (Å²) in [5, 5.41) is 10.3. The SMILES string of the molecule is COc1ccc(C(O)Cc2ccccc2Br)cc1Br. The second kappa shape index (κ2) is 6.55. The Morgan fingerprint density at radius 1 is 1.11 bits per heavy atom. The zero-order chi connectivity index (χ0) is 13.8. The number of aliphatic hydroxyl groups excluding tert-OH is 1. The standard InChI is InChI=1S/C15H14Br2O2/c1-19-15-7-6-11(8-13(15)17)14(18)9-10-4-2-3-5-12(10)16/h2-8,14,18H,9H2,1H3. The van der Waals surface area contributed by atoms with Gasteiger partial charge in [-0.1, -0.05) is 40.2 Å². The van der Waals surface area contributed by atoms with Crippen molar-refractivity contribution in [3.8, 4) is 5.75 Å². The lowest BCUT2D eigenvalue weighted by Gasteiger charge is -2.14. The molecule has 0 saturated carbocycles. The largest absolute Gasteiger partial charge is 0.496 e. The first-order valence-electron chi connectivity index (χ1n) is 5.86. The molecule has 4 heteroatoms. The van der Waals surface area contributed by atoms with E-state index in [0.29, 0.717) is 6.42 Å². The first kappa shape index (κ1) is 14.6. The van der Waals surface area contributed by atoms with Gasteiger partial charge in [0.1, 0.15) is 5.75 Å². The van der Waals surface area contributed by atoms with E-state index in [1.807, 2.05) is 42.5 Å². The van der Waals surface area contributed by atoms with Gasteiger partial charge in [-0.15, -0.1) is 0 Å². The molecular weight excluding hydrogens is 372 g/mol. The molecule has 1 unspecified atom stereocenters. The van der Waals surface area contributed by atoms with Crippen molar-refractivity contribution in [2.45, 2.75) is 12.5 Å². The Morgan fingerprint density at radius 3 is 2.47 bits per heavy atom. The van der Waals surface area contributed by atoms with Crippen LogP contribution in [-0.2, 0) is 6.42 Å². The predicted molar refractivity (Wildman–Crippen MR) is 83.5 cm³/mol. The summed E-state index contributed by atoms with van der Waals surface area (Å²) < 4.78 is 7.04. The van der Waals surface area contributed by atoms with Crippen molar-refractivity contribution in [2.24, 2.45) is 0 Å². The topological polar surface area (TPSA) is 29.5 Å². The average molecular weight is 386 g/mol. The van der Waals surface area contributed by atoms with Gasteiger partial charge in [0.15, 0.2) is 0 Å². The minimum atomic E-state index is -0.541. The van der Waals surface area contributed by atoms with Crippen LogP contribution < -0.4 is 4.74 Å². The lowest BCUT2D eigenvalue weighted by atomic mass is 10.0. The van der Waals surface area contributed by atoms with Gasteiger partial charge >= 0.3 is 0 Å². The molecule has 2 nitrogen and oxygen atoms in total. The number of rotatable bonds is 4. The van der Waals surface area contributed by atoms with Gasteiger partial charge in [-0.2, -0.15) is 0 Å². The highest BCUT2D eigenvalue weighted by Crippen LogP contribution is 2.30. The number of ether oxygens (including phenoxy) is 1. The van der Waals surface area contributed by atoms with Crippen molar-refractivity contribution < 1.29 is 9.84 Å². The summed E-state index contributed by atoms with van der Waals surface area (Å²) >= 11 is 6.92. The summed E-state index contributed by atoms with van der Waals surface area (Å²) in [7, 11) is 1.62. The van der Waals surface area contributed by atoms with Crippen molar-refractivity contribution in [3.05, 3.63) is 62.5 Å². The second-order valence-corrected chi connectivity index (χ2v) is 5.91. The van der Waals surface area contributed by atoms with E-state index in [1.165, 1.54) is 0 Å². The number of methoxy groups -OCH3 is 1. The molecule has 2 rings (SSSR count). The molecular formula is C15H14Br2O2. The molecule has 100 valence electrons. The summed E-state index contributed by atoms with van der Waals surface area (Å²) in [5.74, 6) is 0.761. The Kier molecular flexibility index (Phi) is 5.02. The van der Waals surface area contributed by atoms with Crippen LogP contribution in [0.1, 0.15) is 17.2 Å². The molecule has 0 spiro atoms. The van der Waals surface area contributed by atoms with E-state index in [1.54, 1.807) is 7.11 Å². The van der Waals surface area contributed by atoms with Gasteiger partial charge in [0.25, 0.3) is 0 Å². The lowest BCUT2D eigenvalue weighted by Crippen LogP contribution is -2.02. The first-order chi connectivity index (χ1) is 9.11. The van der Waals surface area contributed by atoms with Crippen LogP contribution >= 0.6 is 31.9 Å². The fourth-order valence-corrected chi connectivity index (χ4v) is 2.89. The number of aliphatic hydroxyl groups is 1. The third-order valence-electron chi connectivity index (χ3n) is 2.93. The fraction of sp³-hybridized carbons (Fsp3) is 0.200. The molecule has 0 bridgehead atoms. The van der Waals surface area contributed by atoms with Gasteiger partial charge in [-0.25, -0.2) is 0 Å². The molecule has 0 amide bonds. The molecule has 0 radical (unpaired) electrons. The van der Waals surface area contributed by atoms with Gasteiger partial charge < -0.3 is 9.84 Å². The smallest absolute Gasteiger partial charge is 0.133 e. The summed E-state index contributed by atoms with van der Waals surface area (Å²) in [4.78, 5) is 0. The summed E-state index contributed by atoms with van der Waals surface area (Å²) in [6.07, 6.45) is 0.0288. The van der Waals surface area contributed by atoms with Gasteiger partial charge in [0, 0.05) is 10.9 Å². The summed E-state index contributed by atoms with van der Waals surface area (Å²) in [5.41, 5.74) is 1.95. The maximum absolute atomic E-state index is 10.3. The Balaban J connectivity index is 2.18. The van der Waals surface area contributed by atoms with Crippen LogP contribution in [0.15, 0.2) is 51.4 Å². The monoisotopic (exact) mass is 384 g/mol. The molecule has 2 aromatic carbocycles. The minimum absolute atomic E-state index is 0.541. The molecule has 0 saturated heterocycles. The maximum atomic E-state index is 10.3. The van der Waals surface area contributed by atoms with Crippen molar-refractivity contribution in [2.75, 3.05) is 7.11 Å². The van der Waals surface area contributed by atoms with Crippen LogP contribution in [0, 0.1) is 0 Å². The van der Waals surface area contributed by atoms with Crippen LogP contribution in [0.25, 0.3) is 0 Å².